The van der Waals surface area contributed by atoms with Crippen molar-refractivity contribution in [3.63, 3.8) is 0 Å². The quantitative estimate of drug-likeness (QED) is 0.729. The number of benzene rings is 1. The first kappa shape index (κ1) is 16.9. The zero-order valence-corrected chi connectivity index (χ0v) is 13.3. The summed E-state index contributed by atoms with van der Waals surface area (Å²) in [6.45, 7) is 0.408. The van der Waals surface area contributed by atoms with Gasteiger partial charge in [0.25, 0.3) is 0 Å². The fourth-order valence-electron chi connectivity index (χ4n) is 2.82. The van der Waals surface area contributed by atoms with Crippen molar-refractivity contribution >= 4 is 27.8 Å². The van der Waals surface area contributed by atoms with Gasteiger partial charge < -0.3 is 20.3 Å². The standard InChI is InChI=1S/C14H15BrFNO5/c1-7(19)17-14(9-4-8(15)2-3-11(9)16)6-22-12(13(20)21)10(14)5-18/h2-4,10,12,18H,5-6H2,1H3,(H,17,19)(H,20,21)/t10-,12+,14-/m1/s1. The fourth-order valence-corrected chi connectivity index (χ4v) is 3.19. The second-order valence-electron chi connectivity index (χ2n) is 5.14. The van der Waals surface area contributed by atoms with Gasteiger partial charge in [-0.1, -0.05) is 15.9 Å². The lowest BCUT2D eigenvalue weighted by Gasteiger charge is -2.35. The molecule has 1 aromatic carbocycles. The molecule has 1 amide bonds. The third kappa shape index (κ3) is 2.86. The lowest BCUT2D eigenvalue weighted by Crippen LogP contribution is -2.53. The van der Waals surface area contributed by atoms with E-state index in [1.807, 2.05) is 0 Å². The summed E-state index contributed by atoms with van der Waals surface area (Å²) in [4.78, 5) is 22.9. The second kappa shape index (κ2) is 6.31. The number of aliphatic hydroxyl groups is 1. The molecular formula is C14H15BrFNO5. The molecule has 0 radical (unpaired) electrons. The number of nitrogens with one attached hydrogen (secondary N) is 1. The molecule has 2 rings (SSSR count). The maximum absolute atomic E-state index is 14.3. The van der Waals surface area contributed by atoms with Crippen molar-refractivity contribution in [2.24, 2.45) is 5.92 Å². The zero-order chi connectivity index (χ0) is 16.5. The average molecular weight is 376 g/mol. The molecular weight excluding hydrogens is 361 g/mol. The van der Waals surface area contributed by atoms with Gasteiger partial charge in [-0.2, -0.15) is 0 Å². The van der Waals surface area contributed by atoms with Crippen molar-refractivity contribution in [3.8, 4) is 0 Å². The third-order valence-electron chi connectivity index (χ3n) is 3.74. The maximum atomic E-state index is 14.3. The monoisotopic (exact) mass is 375 g/mol. The lowest BCUT2D eigenvalue weighted by molar-refractivity contribution is -0.150. The average Bonchev–Trinajstić information content (AvgIpc) is 2.80. The van der Waals surface area contributed by atoms with Crippen LogP contribution in [0, 0.1) is 11.7 Å². The second-order valence-corrected chi connectivity index (χ2v) is 6.05. The minimum Gasteiger partial charge on any atom is -0.479 e. The molecule has 3 atom stereocenters. The SMILES string of the molecule is CC(=O)N[C@@]1(c2cc(Br)ccc2F)CO[C@H](C(=O)O)[C@H]1CO. The molecule has 0 spiro atoms. The molecule has 1 aliphatic heterocycles. The van der Waals surface area contributed by atoms with Gasteiger partial charge in [-0.25, -0.2) is 9.18 Å². The van der Waals surface area contributed by atoms with Crippen LogP contribution in [0.2, 0.25) is 0 Å². The van der Waals surface area contributed by atoms with Crippen LogP contribution < -0.4 is 5.32 Å². The van der Waals surface area contributed by atoms with Crippen molar-refractivity contribution < 1.29 is 28.9 Å². The number of aliphatic hydroxyl groups excluding tert-OH is 1. The Morgan fingerprint density at radius 3 is 2.77 bits per heavy atom. The highest BCUT2D eigenvalue weighted by Gasteiger charge is 2.55. The van der Waals surface area contributed by atoms with Crippen LogP contribution in [0.1, 0.15) is 12.5 Å². The van der Waals surface area contributed by atoms with Gasteiger partial charge in [0.1, 0.15) is 5.82 Å². The van der Waals surface area contributed by atoms with Gasteiger partial charge in [-0.05, 0) is 18.2 Å². The minimum atomic E-state index is -1.45. The molecule has 1 fully saturated rings. The number of carboxylic acid groups (broad SMARTS) is 1. The van der Waals surface area contributed by atoms with E-state index in [1.54, 1.807) is 0 Å². The van der Waals surface area contributed by atoms with Crippen molar-refractivity contribution in [1.29, 1.82) is 0 Å². The third-order valence-corrected chi connectivity index (χ3v) is 4.23. The van der Waals surface area contributed by atoms with Gasteiger partial charge in [0.15, 0.2) is 6.10 Å². The van der Waals surface area contributed by atoms with Gasteiger partial charge in [-0.3, -0.25) is 4.79 Å². The Kier molecular flexibility index (Phi) is 4.84. The number of hydrogen-bond acceptors (Lipinski definition) is 4. The molecule has 0 aliphatic carbocycles. The fraction of sp³-hybridized carbons (Fsp3) is 0.429. The molecule has 1 saturated heterocycles. The lowest BCUT2D eigenvalue weighted by atomic mass is 9.77. The molecule has 0 unspecified atom stereocenters. The number of carboxylic acids is 1. The zero-order valence-electron chi connectivity index (χ0n) is 11.7. The maximum Gasteiger partial charge on any atom is 0.333 e. The van der Waals surface area contributed by atoms with Crippen LogP contribution in [0.3, 0.4) is 0 Å². The smallest absolute Gasteiger partial charge is 0.333 e. The molecule has 22 heavy (non-hydrogen) atoms. The Hall–Kier alpha value is -1.51. The van der Waals surface area contributed by atoms with E-state index in [4.69, 9.17) is 4.74 Å². The first-order chi connectivity index (χ1) is 10.3. The summed E-state index contributed by atoms with van der Waals surface area (Å²) in [5.41, 5.74) is -1.38. The predicted octanol–water partition coefficient (Wildman–Crippen LogP) is 1.01. The molecule has 0 saturated carbocycles. The van der Waals surface area contributed by atoms with E-state index in [2.05, 4.69) is 21.2 Å². The highest BCUT2D eigenvalue weighted by atomic mass is 79.9. The van der Waals surface area contributed by atoms with Crippen molar-refractivity contribution in [2.75, 3.05) is 13.2 Å². The first-order valence-corrected chi connectivity index (χ1v) is 7.30. The summed E-state index contributed by atoms with van der Waals surface area (Å²) in [7, 11) is 0. The Morgan fingerprint density at radius 2 is 2.23 bits per heavy atom. The number of hydrogen-bond donors (Lipinski definition) is 3. The van der Waals surface area contributed by atoms with Gasteiger partial charge in [0.2, 0.25) is 5.91 Å². The van der Waals surface area contributed by atoms with E-state index in [1.165, 1.54) is 25.1 Å². The van der Waals surface area contributed by atoms with Gasteiger partial charge >= 0.3 is 5.97 Å². The molecule has 1 aromatic rings. The van der Waals surface area contributed by atoms with Crippen LogP contribution in [0.15, 0.2) is 22.7 Å². The predicted molar refractivity (Wildman–Crippen MR) is 77.5 cm³/mol. The summed E-state index contributed by atoms with van der Waals surface area (Å²) >= 11 is 3.22. The van der Waals surface area contributed by atoms with E-state index in [-0.39, 0.29) is 12.2 Å². The summed E-state index contributed by atoms with van der Waals surface area (Å²) < 4.78 is 20.1. The van der Waals surface area contributed by atoms with E-state index in [0.717, 1.165) is 0 Å². The number of aliphatic carboxylic acids is 1. The number of ether oxygens (including phenoxy) is 1. The molecule has 1 heterocycles. The van der Waals surface area contributed by atoms with E-state index < -0.39 is 41.9 Å². The van der Waals surface area contributed by atoms with Crippen molar-refractivity contribution in [2.45, 2.75) is 18.6 Å². The highest BCUT2D eigenvalue weighted by molar-refractivity contribution is 9.10. The van der Waals surface area contributed by atoms with Gasteiger partial charge in [0, 0.05) is 22.9 Å². The summed E-state index contributed by atoms with van der Waals surface area (Å²) in [6, 6.07) is 4.13. The van der Waals surface area contributed by atoms with Crippen LogP contribution in [-0.4, -0.2) is 41.4 Å². The van der Waals surface area contributed by atoms with Crippen LogP contribution in [0.5, 0.6) is 0 Å². The van der Waals surface area contributed by atoms with Crippen LogP contribution in [0.25, 0.3) is 0 Å². The molecule has 1 aliphatic rings. The largest absolute Gasteiger partial charge is 0.479 e. The van der Waals surface area contributed by atoms with Gasteiger partial charge in [0.05, 0.1) is 18.8 Å². The normalized spacial score (nSPS) is 27.6. The summed E-state index contributed by atoms with van der Waals surface area (Å²) in [6.07, 6.45) is -1.34. The number of rotatable bonds is 4. The van der Waals surface area contributed by atoms with Crippen molar-refractivity contribution in [1.82, 2.24) is 5.32 Å². The summed E-state index contributed by atoms with van der Waals surface area (Å²) in [5.74, 6) is -3.39. The highest BCUT2D eigenvalue weighted by Crippen LogP contribution is 2.41. The Bertz CT molecular complexity index is 611. The van der Waals surface area contributed by atoms with Crippen LogP contribution in [0.4, 0.5) is 4.39 Å². The molecule has 6 nitrogen and oxygen atoms in total. The molecule has 120 valence electrons. The Morgan fingerprint density at radius 1 is 1.55 bits per heavy atom. The number of carbonyl (C=O) groups is 2. The molecule has 0 bridgehead atoms. The number of halogens is 2. The Labute approximate surface area is 134 Å². The van der Waals surface area contributed by atoms with E-state index in [9.17, 15) is 24.2 Å². The molecule has 8 heteroatoms. The first-order valence-electron chi connectivity index (χ1n) is 6.51. The van der Waals surface area contributed by atoms with Gasteiger partial charge in [-0.15, -0.1) is 0 Å². The minimum absolute atomic E-state index is 0.0693. The molecule has 3 N–H and O–H groups in total. The van der Waals surface area contributed by atoms with E-state index >= 15 is 0 Å². The summed E-state index contributed by atoms with van der Waals surface area (Å²) in [5, 5.41) is 21.4. The Balaban J connectivity index is 2.60. The van der Waals surface area contributed by atoms with Crippen LogP contribution >= 0.6 is 15.9 Å². The van der Waals surface area contributed by atoms with E-state index in [0.29, 0.717) is 4.47 Å². The topological polar surface area (TPSA) is 95.9 Å². The van der Waals surface area contributed by atoms with Crippen molar-refractivity contribution in [3.05, 3.63) is 34.1 Å². The number of amides is 1. The molecule has 0 aromatic heterocycles. The number of carbonyl (C=O) groups excluding carboxylic acids is 1. The van der Waals surface area contributed by atoms with Crippen LogP contribution in [-0.2, 0) is 19.9 Å².